The van der Waals surface area contributed by atoms with Gasteiger partial charge in [0, 0.05) is 53.5 Å². The molecular formula is C26H24FN5O2. The van der Waals surface area contributed by atoms with Gasteiger partial charge >= 0.3 is 0 Å². The van der Waals surface area contributed by atoms with Crippen molar-refractivity contribution in [2.75, 3.05) is 19.0 Å². The molecule has 34 heavy (non-hydrogen) atoms. The molecule has 3 heterocycles. The van der Waals surface area contributed by atoms with Gasteiger partial charge in [-0.15, -0.1) is 0 Å². The Hall–Kier alpha value is -4.20. The normalized spacial score (nSPS) is 11.2. The molecule has 0 aliphatic rings. The number of hydrogen-bond acceptors (Lipinski definition) is 6. The van der Waals surface area contributed by atoms with Crippen molar-refractivity contribution in [2.45, 2.75) is 20.4 Å². The zero-order chi connectivity index (χ0) is 23.7. The minimum absolute atomic E-state index is 0.318. The van der Waals surface area contributed by atoms with Gasteiger partial charge in [0.25, 0.3) is 0 Å². The summed E-state index contributed by atoms with van der Waals surface area (Å²) in [5, 5.41) is 8.18. The Morgan fingerprint density at radius 3 is 2.53 bits per heavy atom. The Morgan fingerprint density at radius 1 is 1.00 bits per heavy atom. The lowest BCUT2D eigenvalue weighted by Crippen LogP contribution is -2.12. The van der Waals surface area contributed by atoms with E-state index in [4.69, 9.17) is 9.26 Å². The maximum Gasteiger partial charge on any atom is 0.167 e. The molecule has 0 amide bonds. The van der Waals surface area contributed by atoms with E-state index in [0.717, 1.165) is 50.7 Å². The van der Waals surface area contributed by atoms with Crippen molar-refractivity contribution >= 4 is 16.7 Å². The molecular weight excluding hydrogens is 433 g/mol. The third-order valence-electron chi connectivity index (χ3n) is 5.78. The fourth-order valence-corrected chi connectivity index (χ4v) is 4.10. The summed E-state index contributed by atoms with van der Waals surface area (Å²) in [6.07, 6.45) is 1.54. The first-order valence-electron chi connectivity index (χ1n) is 11.0. The van der Waals surface area contributed by atoms with E-state index in [1.165, 1.54) is 12.1 Å². The van der Waals surface area contributed by atoms with Gasteiger partial charge < -0.3 is 19.1 Å². The van der Waals surface area contributed by atoms with Crippen LogP contribution in [0.2, 0.25) is 0 Å². The lowest BCUT2D eigenvalue weighted by Gasteiger charge is -2.11. The molecule has 5 aromatic rings. The van der Waals surface area contributed by atoms with E-state index in [1.807, 2.05) is 56.3 Å². The van der Waals surface area contributed by atoms with Gasteiger partial charge in [-0.05, 0) is 26.0 Å². The van der Waals surface area contributed by atoms with Crippen molar-refractivity contribution in [1.29, 1.82) is 0 Å². The minimum Gasteiger partial charge on any atom is -0.496 e. The second-order valence-corrected chi connectivity index (χ2v) is 8.10. The van der Waals surface area contributed by atoms with Crippen LogP contribution < -0.4 is 10.1 Å². The van der Waals surface area contributed by atoms with Crippen LogP contribution in [-0.2, 0) is 6.54 Å². The predicted molar refractivity (Wildman–Crippen MR) is 129 cm³/mol. The standard InChI is InChI=1S/C26H24FN5O2/c1-16-10-24(34-31-16)19-6-4-18(5-7-19)22-14-26(30-15-29-22)28-8-9-32-17(2)11-21-23(32)12-20(27)13-25(21)33-3/h4-7,10-15H,8-9H2,1-3H3,(H,28,29,30). The Balaban J connectivity index is 1.30. The SMILES string of the molecule is COc1cc(F)cc2c1cc(C)n2CCNc1cc(-c2ccc(-c3cc(C)no3)cc2)ncn1. The van der Waals surface area contributed by atoms with Crippen LogP contribution in [0.1, 0.15) is 11.4 Å². The van der Waals surface area contributed by atoms with Gasteiger partial charge in [-0.25, -0.2) is 14.4 Å². The number of aromatic nitrogens is 4. The van der Waals surface area contributed by atoms with Crippen molar-refractivity contribution in [2.24, 2.45) is 0 Å². The number of halogens is 1. The Morgan fingerprint density at radius 2 is 1.79 bits per heavy atom. The largest absolute Gasteiger partial charge is 0.496 e. The van der Waals surface area contributed by atoms with Crippen LogP contribution in [0.4, 0.5) is 10.2 Å². The van der Waals surface area contributed by atoms with Gasteiger partial charge in [-0.3, -0.25) is 0 Å². The summed E-state index contributed by atoms with van der Waals surface area (Å²) in [5.41, 5.74) is 5.43. The van der Waals surface area contributed by atoms with Gasteiger partial charge in [0.2, 0.25) is 0 Å². The monoisotopic (exact) mass is 457 g/mol. The molecule has 0 aliphatic carbocycles. The quantitative estimate of drug-likeness (QED) is 0.341. The first-order chi connectivity index (χ1) is 16.5. The van der Waals surface area contributed by atoms with Gasteiger partial charge in [-0.2, -0.15) is 0 Å². The summed E-state index contributed by atoms with van der Waals surface area (Å²) in [5.74, 6) is 1.67. The molecule has 0 bridgehead atoms. The number of nitrogens with zero attached hydrogens (tertiary/aromatic N) is 4. The summed E-state index contributed by atoms with van der Waals surface area (Å²) in [6.45, 7) is 5.16. The molecule has 3 aromatic heterocycles. The number of ether oxygens (including phenoxy) is 1. The Labute approximate surface area is 196 Å². The zero-order valence-electron chi connectivity index (χ0n) is 19.2. The number of methoxy groups -OCH3 is 1. The van der Waals surface area contributed by atoms with Crippen LogP contribution in [0.5, 0.6) is 5.75 Å². The molecule has 172 valence electrons. The van der Waals surface area contributed by atoms with Gasteiger partial charge in [0.15, 0.2) is 5.76 Å². The van der Waals surface area contributed by atoms with E-state index >= 15 is 0 Å². The topological polar surface area (TPSA) is 78.0 Å². The number of rotatable bonds is 7. The molecule has 0 spiro atoms. The van der Waals surface area contributed by atoms with Crippen LogP contribution in [0, 0.1) is 19.7 Å². The number of benzene rings is 2. The van der Waals surface area contributed by atoms with Crippen molar-refractivity contribution < 1.29 is 13.7 Å². The molecule has 8 heteroatoms. The lowest BCUT2D eigenvalue weighted by atomic mass is 10.1. The van der Waals surface area contributed by atoms with Crippen LogP contribution >= 0.6 is 0 Å². The fourth-order valence-electron chi connectivity index (χ4n) is 4.10. The van der Waals surface area contributed by atoms with Crippen LogP contribution in [-0.4, -0.2) is 33.3 Å². The summed E-state index contributed by atoms with van der Waals surface area (Å²) in [7, 11) is 1.55. The average Bonchev–Trinajstić information content (AvgIpc) is 3.42. The van der Waals surface area contributed by atoms with E-state index in [0.29, 0.717) is 18.8 Å². The number of nitrogens with one attached hydrogen (secondary N) is 1. The van der Waals surface area contributed by atoms with Crippen LogP contribution in [0.15, 0.2) is 65.4 Å². The smallest absolute Gasteiger partial charge is 0.167 e. The third kappa shape index (κ3) is 4.22. The van der Waals surface area contributed by atoms with E-state index in [2.05, 4.69) is 25.0 Å². The highest BCUT2D eigenvalue weighted by molar-refractivity contribution is 5.87. The number of anilines is 1. The number of hydrogen-bond donors (Lipinski definition) is 1. The second kappa shape index (κ2) is 8.97. The summed E-state index contributed by atoms with van der Waals surface area (Å²) in [4.78, 5) is 8.75. The highest BCUT2D eigenvalue weighted by Gasteiger charge is 2.12. The molecule has 0 radical (unpaired) electrons. The number of fused-ring (bicyclic) bond motifs is 1. The summed E-state index contributed by atoms with van der Waals surface area (Å²) >= 11 is 0. The van der Waals surface area contributed by atoms with Crippen molar-refractivity contribution in [3.63, 3.8) is 0 Å². The van der Waals surface area contributed by atoms with Crippen LogP contribution in [0.3, 0.4) is 0 Å². The molecule has 0 aliphatic heterocycles. The van der Waals surface area contributed by atoms with Crippen molar-refractivity contribution in [3.05, 3.63) is 78.1 Å². The van der Waals surface area contributed by atoms with Gasteiger partial charge in [0.1, 0.15) is 23.7 Å². The van der Waals surface area contributed by atoms with E-state index in [-0.39, 0.29) is 5.82 Å². The molecule has 0 unspecified atom stereocenters. The zero-order valence-corrected chi connectivity index (χ0v) is 19.2. The third-order valence-corrected chi connectivity index (χ3v) is 5.78. The molecule has 0 fully saturated rings. The molecule has 0 atom stereocenters. The lowest BCUT2D eigenvalue weighted by molar-refractivity contribution is 0.416. The van der Waals surface area contributed by atoms with Gasteiger partial charge in [0.05, 0.1) is 24.0 Å². The Bertz CT molecular complexity index is 1460. The first-order valence-corrected chi connectivity index (χ1v) is 11.0. The van der Waals surface area contributed by atoms with Gasteiger partial charge in [-0.1, -0.05) is 29.4 Å². The van der Waals surface area contributed by atoms with E-state index in [9.17, 15) is 4.39 Å². The molecule has 5 rings (SSSR count). The molecule has 2 aromatic carbocycles. The maximum absolute atomic E-state index is 14.1. The minimum atomic E-state index is -0.318. The Kier molecular flexibility index (Phi) is 5.71. The molecule has 0 saturated heterocycles. The molecule has 7 nitrogen and oxygen atoms in total. The predicted octanol–water partition coefficient (Wildman–Crippen LogP) is 5.63. The summed E-state index contributed by atoms with van der Waals surface area (Å²) in [6, 6.07) is 16.7. The molecule has 1 N–H and O–H groups in total. The van der Waals surface area contributed by atoms with Crippen LogP contribution in [0.25, 0.3) is 33.5 Å². The molecule has 0 saturated carbocycles. The van der Waals surface area contributed by atoms with Crippen molar-refractivity contribution in [1.82, 2.24) is 19.7 Å². The van der Waals surface area contributed by atoms with E-state index < -0.39 is 0 Å². The van der Waals surface area contributed by atoms with E-state index in [1.54, 1.807) is 13.4 Å². The highest BCUT2D eigenvalue weighted by Crippen LogP contribution is 2.30. The van der Waals surface area contributed by atoms with Crippen molar-refractivity contribution in [3.8, 4) is 28.3 Å². The fraction of sp³-hybridized carbons (Fsp3) is 0.192. The number of aryl methyl sites for hydroxylation is 2. The highest BCUT2D eigenvalue weighted by atomic mass is 19.1. The average molecular weight is 458 g/mol. The maximum atomic E-state index is 14.1. The first kappa shape index (κ1) is 21.6. The second-order valence-electron chi connectivity index (χ2n) is 8.10. The summed E-state index contributed by atoms with van der Waals surface area (Å²) < 4.78 is 26.8.